The average molecular weight is 376 g/mol. The van der Waals surface area contributed by atoms with Gasteiger partial charge in [0.15, 0.2) is 0 Å². The molecule has 0 aromatic heterocycles. The first kappa shape index (κ1) is 20.0. The summed E-state index contributed by atoms with van der Waals surface area (Å²) in [6.07, 6.45) is 12.6. The molecule has 0 radical (unpaired) electrons. The Morgan fingerprint density at radius 2 is 0.778 bits per heavy atom. The highest BCUT2D eigenvalue weighted by atomic mass is 16.2. The zero-order valence-electron chi connectivity index (χ0n) is 16.7. The quantitative estimate of drug-likeness (QED) is 0.609. The molecule has 4 fully saturated rings. The summed E-state index contributed by atoms with van der Waals surface area (Å²) in [7, 11) is 3.19. The molecule has 2 saturated carbocycles. The molecule has 2 aliphatic heterocycles. The maximum atomic E-state index is 11.6. The molecule has 0 aromatic rings. The van der Waals surface area contributed by atoms with E-state index in [2.05, 4.69) is 0 Å². The van der Waals surface area contributed by atoms with Gasteiger partial charge in [0, 0.05) is 39.8 Å². The van der Waals surface area contributed by atoms with Crippen LogP contribution in [-0.2, 0) is 19.2 Å². The Morgan fingerprint density at radius 1 is 0.519 bits per heavy atom. The topological polar surface area (TPSA) is 74.8 Å². The van der Waals surface area contributed by atoms with Crippen LogP contribution in [0, 0.1) is 10.8 Å². The van der Waals surface area contributed by atoms with E-state index in [9.17, 15) is 19.2 Å². The van der Waals surface area contributed by atoms with Crippen molar-refractivity contribution >= 4 is 23.6 Å². The van der Waals surface area contributed by atoms with Crippen LogP contribution >= 0.6 is 0 Å². The van der Waals surface area contributed by atoms with Crippen LogP contribution in [0.2, 0.25) is 0 Å². The van der Waals surface area contributed by atoms with Crippen LogP contribution in [0.15, 0.2) is 0 Å². The maximum absolute atomic E-state index is 11.6. The number of amides is 4. The standard InChI is InChI=1S/C11H17NO2.C10H15NO2/c1-12-9(13)7-11(8-10(12)14)5-3-2-4-6-11;1-11-8(12)6-10(7-9(11)13)4-2-3-5-10/h2-8H2,1H3;2-7H2,1H3. The minimum Gasteiger partial charge on any atom is -0.286 e. The van der Waals surface area contributed by atoms with Gasteiger partial charge in [0.05, 0.1) is 0 Å². The predicted molar refractivity (Wildman–Crippen MR) is 100 cm³/mol. The second kappa shape index (κ2) is 7.72. The zero-order valence-corrected chi connectivity index (χ0v) is 16.7. The largest absolute Gasteiger partial charge is 0.286 e. The summed E-state index contributed by atoms with van der Waals surface area (Å²) in [5, 5.41) is 0. The van der Waals surface area contributed by atoms with Crippen LogP contribution in [-0.4, -0.2) is 47.5 Å². The Hall–Kier alpha value is -1.72. The van der Waals surface area contributed by atoms with E-state index in [4.69, 9.17) is 0 Å². The molecule has 150 valence electrons. The van der Waals surface area contributed by atoms with Crippen LogP contribution in [0.5, 0.6) is 0 Å². The number of hydrogen-bond donors (Lipinski definition) is 0. The van der Waals surface area contributed by atoms with E-state index in [-0.39, 0.29) is 34.5 Å². The van der Waals surface area contributed by atoms with Gasteiger partial charge in [0.1, 0.15) is 0 Å². The molecule has 0 aromatic carbocycles. The van der Waals surface area contributed by atoms with E-state index in [0.29, 0.717) is 25.7 Å². The Balaban J connectivity index is 0.000000156. The molecule has 27 heavy (non-hydrogen) atoms. The Labute approximate surface area is 161 Å². The normalized spacial score (nSPS) is 27.2. The lowest BCUT2D eigenvalue weighted by atomic mass is 9.68. The van der Waals surface area contributed by atoms with Crippen molar-refractivity contribution in [2.45, 2.75) is 83.5 Å². The zero-order chi connectivity index (χ0) is 19.7. The summed E-state index contributed by atoms with van der Waals surface area (Å²) in [6.45, 7) is 0. The third kappa shape index (κ3) is 4.25. The van der Waals surface area contributed by atoms with Gasteiger partial charge in [-0.05, 0) is 36.5 Å². The van der Waals surface area contributed by atoms with Crippen LogP contribution in [0.3, 0.4) is 0 Å². The van der Waals surface area contributed by atoms with Gasteiger partial charge in [-0.25, -0.2) is 0 Å². The fraction of sp³-hybridized carbons (Fsp3) is 0.810. The Morgan fingerprint density at radius 3 is 1.07 bits per heavy atom. The van der Waals surface area contributed by atoms with Crippen molar-refractivity contribution < 1.29 is 19.2 Å². The molecular weight excluding hydrogens is 344 g/mol. The summed E-state index contributed by atoms with van der Waals surface area (Å²) in [5.74, 6) is 0.0580. The van der Waals surface area contributed by atoms with Gasteiger partial charge in [-0.3, -0.25) is 29.0 Å². The first-order valence-electron chi connectivity index (χ1n) is 10.3. The summed E-state index contributed by atoms with van der Waals surface area (Å²) in [5.41, 5.74) is 0.0968. The number of nitrogens with zero attached hydrogens (tertiary/aromatic N) is 2. The van der Waals surface area contributed by atoms with Crippen molar-refractivity contribution in [3.63, 3.8) is 0 Å². The summed E-state index contributed by atoms with van der Waals surface area (Å²) < 4.78 is 0. The number of rotatable bonds is 0. The SMILES string of the molecule is CN1C(=O)CC2(CCCC2)CC1=O.CN1C(=O)CC2(CCCCC2)CC1=O. The van der Waals surface area contributed by atoms with Crippen LogP contribution in [0.1, 0.15) is 83.5 Å². The molecule has 2 saturated heterocycles. The molecule has 6 nitrogen and oxygen atoms in total. The number of carbonyl (C=O) groups is 4. The average Bonchev–Trinajstić information content (AvgIpc) is 3.06. The molecule has 4 amide bonds. The molecular formula is C21H32N2O4. The summed E-state index contributed by atoms with van der Waals surface area (Å²) in [4.78, 5) is 48.7. The van der Waals surface area contributed by atoms with E-state index in [1.807, 2.05) is 0 Å². The van der Waals surface area contributed by atoms with E-state index >= 15 is 0 Å². The lowest BCUT2D eigenvalue weighted by Crippen LogP contribution is -2.46. The number of piperidine rings is 2. The Bertz CT molecular complexity index is 590. The third-order valence-electron chi connectivity index (χ3n) is 7.18. The molecule has 2 heterocycles. The molecule has 6 heteroatoms. The van der Waals surface area contributed by atoms with Crippen molar-refractivity contribution in [2.24, 2.45) is 10.8 Å². The van der Waals surface area contributed by atoms with Gasteiger partial charge in [-0.2, -0.15) is 0 Å². The monoisotopic (exact) mass is 376 g/mol. The summed E-state index contributed by atoms with van der Waals surface area (Å²) in [6, 6.07) is 0. The van der Waals surface area contributed by atoms with Crippen molar-refractivity contribution in [1.29, 1.82) is 0 Å². The van der Waals surface area contributed by atoms with E-state index in [1.54, 1.807) is 14.1 Å². The lowest BCUT2D eigenvalue weighted by molar-refractivity contribution is -0.153. The number of imide groups is 2. The van der Waals surface area contributed by atoms with Gasteiger partial charge in [-0.1, -0.05) is 32.1 Å². The van der Waals surface area contributed by atoms with Crippen molar-refractivity contribution in [2.75, 3.05) is 14.1 Å². The third-order valence-corrected chi connectivity index (χ3v) is 7.18. The molecule has 4 aliphatic rings. The number of carbonyl (C=O) groups excluding carboxylic acids is 4. The van der Waals surface area contributed by atoms with E-state index in [0.717, 1.165) is 25.7 Å². The van der Waals surface area contributed by atoms with Gasteiger partial charge in [-0.15, -0.1) is 0 Å². The highest BCUT2D eigenvalue weighted by Crippen LogP contribution is 2.47. The van der Waals surface area contributed by atoms with Gasteiger partial charge in [0.2, 0.25) is 23.6 Å². The Kier molecular flexibility index (Phi) is 5.73. The van der Waals surface area contributed by atoms with Gasteiger partial charge >= 0.3 is 0 Å². The first-order chi connectivity index (χ1) is 12.8. The fourth-order valence-electron chi connectivity index (χ4n) is 5.29. The molecule has 2 aliphatic carbocycles. The minimum atomic E-state index is 0.0122. The molecule has 2 spiro atoms. The highest BCUT2D eigenvalue weighted by Gasteiger charge is 2.44. The number of likely N-dealkylation sites (tertiary alicyclic amines) is 2. The second-order valence-corrected chi connectivity index (χ2v) is 9.17. The van der Waals surface area contributed by atoms with Gasteiger partial charge in [0.25, 0.3) is 0 Å². The van der Waals surface area contributed by atoms with Crippen LogP contribution in [0.4, 0.5) is 0 Å². The van der Waals surface area contributed by atoms with Crippen molar-refractivity contribution in [1.82, 2.24) is 9.80 Å². The van der Waals surface area contributed by atoms with Crippen molar-refractivity contribution in [3.8, 4) is 0 Å². The lowest BCUT2D eigenvalue weighted by Gasteiger charge is -2.41. The minimum absolute atomic E-state index is 0.0122. The first-order valence-corrected chi connectivity index (χ1v) is 10.3. The summed E-state index contributed by atoms with van der Waals surface area (Å²) >= 11 is 0. The second-order valence-electron chi connectivity index (χ2n) is 9.17. The predicted octanol–water partition coefficient (Wildman–Crippen LogP) is 3.04. The molecule has 4 rings (SSSR count). The highest BCUT2D eigenvalue weighted by molar-refractivity contribution is 5.98. The van der Waals surface area contributed by atoms with Crippen LogP contribution < -0.4 is 0 Å². The molecule has 0 unspecified atom stereocenters. The molecule has 0 N–H and O–H groups in total. The van der Waals surface area contributed by atoms with Crippen LogP contribution in [0.25, 0.3) is 0 Å². The maximum Gasteiger partial charge on any atom is 0.229 e. The fourth-order valence-corrected chi connectivity index (χ4v) is 5.29. The molecule has 0 atom stereocenters. The van der Waals surface area contributed by atoms with E-state index in [1.165, 1.54) is 41.9 Å². The van der Waals surface area contributed by atoms with Gasteiger partial charge < -0.3 is 0 Å². The van der Waals surface area contributed by atoms with Crippen molar-refractivity contribution in [3.05, 3.63) is 0 Å². The smallest absolute Gasteiger partial charge is 0.229 e. The molecule has 0 bridgehead atoms. The van der Waals surface area contributed by atoms with E-state index < -0.39 is 0 Å². The number of hydrogen-bond acceptors (Lipinski definition) is 4.